The third-order valence-electron chi connectivity index (χ3n) is 2.41. The number of hydrogen-bond donors (Lipinski definition) is 1. The SMILES string of the molecule is CCN(c1nc(NC)ncc1[N+](=O)[O-])C(C)C. The van der Waals surface area contributed by atoms with Crippen LogP contribution in [-0.2, 0) is 0 Å². The second-order valence-corrected chi connectivity index (χ2v) is 3.79. The van der Waals surface area contributed by atoms with E-state index in [4.69, 9.17) is 0 Å². The highest BCUT2D eigenvalue weighted by atomic mass is 16.6. The van der Waals surface area contributed by atoms with E-state index < -0.39 is 4.92 Å². The Morgan fingerprint density at radius 3 is 2.65 bits per heavy atom. The normalized spacial score (nSPS) is 10.4. The molecule has 1 aromatic heterocycles. The number of aromatic nitrogens is 2. The van der Waals surface area contributed by atoms with Crippen LogP contribution in [0.3, 0.4) is 0 Å². The van der Waals surface area contributed by atoms with E-state index in [0.717, 1.165) is 0 Å². The fourth-order valence-corrected chi connectivity index (χ4v) is 1.59. The lowest BCUT2D eigenvalue weighted by molar-refractivity contribution is -0.384. The molecule has 0 spiro atoms. The molecule has 1 heterocycles. The quantitative estimate of drug-likeness (QED) is 0.621. The van der Waals surface area contributed by atoms with E-state index in [1.165, 1.54) is 6.20 Å². The Kier molecular flexibility index (Phi) is 4.19. The number of nitrogens with zero attached hydrogens (tertiary/aromatic N) is 4. The summed E-state index contributed by atoms with van der Waals surface area (Å²) < 4.78 is 0. The van der Waals surface area contributed by atoms with Crippen molar-refractivity contribution in [1.82, 2.24) is 9.97 Å². The van der Waals surface area contributed by atoms with Crippen molar-refractivity contribution >= 4 is 17.5 Å². The molecule has 0 aromatic carbocycles. The Balaban J connectivity index is 3.29. The van der Waals surface area contributed by atoms with Crippen molar-refractivity contribution in [3.05, 3.63) is 16.3 Å². The lowest BCUT2D eigenvalue weighted by atomic mass is 10.3. The van der Waals surface area contributed by atoms with Gasteiger partial charge in [0.1, 0.15) is 6.20 Å². The minimum atomic E-state index is -0.459. The summed E-state index contributed by atoms with van der Waals surface area (Å²) in [5.74, 6) is 0.733. The number of nitro groups is 1. The molecule has 17 heavy (non-hydrogen) atoms. The van der Waals surface area contributed by atoms with Gasteiger partial charge in [0.15, 0.2) is 0 Å². The van der Waals surface area contributed by atoms with Crippen LogP contribution >= 0.6 is 0 Å². The molecule has 0 saturated carbocycles. The van der Waals surface area contributed by atoms with Gasteiger partial charge < -0.3 is 10.2 Å². The predicted molar refractivity (Wildman–Crippen MR) is 66.4 cm³/mol. The van der Waals surface area contributed by atoms with Gasteiger partial charge >= 0.3 is 5.69 Å². The molecule has 7 heteroatoms. The fraction of sp³-hybridized carbons (Fsp3) is 0.600. The molecule has 0 saturated heterocycles. The Bertz CT molecular complexity index is 408. The van der Waals surface area contributed by atoms with E-state index in [-0.39, 0.29) is 11.7 Å². The van der Waals surface area contributed by atoms with E-state index >= 15 is 0 Å². The number of nitrogens with one attached hydrogen (secondary N) is 1. The van der Waals surface area contributed by atoms with Gasteiger partial charge in [0, 0.05) is 19.6 Å². The largest absolute Gasteiger partial charge is 0.357 e. The summed E-state index contributed by atoms with van der Waals surface area (Å²) in [6.45, 7) is 6.52. The van der Waals surface area contributed by atoms with Gasteiger partial charge in [-0.25, -0.2) is 4.98 Å². The maximum absolute atomic E-state index is 10.9. The van der Waals surface area contributed by atoms with Gasteiger partial charge in [-0.2, -0.15) is 4.98 Å². The molecule has 0 atom stereocenters. The molecular formula is C10H17N5O2. The first-order valence-electron chi connectivity index (χ1n) is 5.47. The zero-order chi connectivity index (χ0) is 13.0. The van der Waals surface area contributed by atoms with Gasteiger partial charge in [-0.05, 0) is 20.8 Å². The van der Waals surface area contributed by atoms with Crippen molar-refractivity contribution < 1.29 is 4.92 Å². The molecule has 0 fully saturated rings. The molecule has 0 amide bonds. The number of rotatable bonds is 5. The van der Waals surface area contributed by atoms with Crippen LogP contribution in [0.4, 0.5) is 17.5 Å². The summed E-state index contributed by atoms with van der Waals surface area (Å²) in [5, 5.41) is 13.7. The molecule has 0 unspecified atom stereocenters. The highest BCUT2D eigenvalue weighted by molar-refractivity contribution is 5.59. The lowest BCUT2D eigenvalue weighted by Crippen LogP contribution is -2.32. The Labute approximate surface area is 100 Å². The zero-order valence-corrected chi connectivity index (χ0v) is 10.5. The van der Waals surface area contributed by atoms with Crippen molar-refractivity contribution in [2.45, 2.75) is 26.8 Å². The monoisotopic (exact) mass is 239 g/mol. The average Bonchev–Trinajstić information content (AvgIpc) is 2.29. The van der Waals surface area contributed by atoms with Crippen molar-refractivity contribution in [3.8, 4) is 0 Å². The molecule has 0 aliphatic rings. The molecule has 0 bridgehead atoms. The molecule has 1 aromatic rings. The van der Waals surface area contributed by atoms with E-state index in [1.807, 2.05) is 25.7 Å². The molecule has 94 valence electrons. The van der Waals surface area contributed by atoms with Gasteiger partial charge in [0.05, 0.1) is 4.92 Å². The second-order valence-electron chi connectivity index (χ2n) is 3.79. The standard InChI is InChI=1S/C10H17N5O2/c1-5-14(7(2)3)9-8(15(16)17)6-12-10(11-4)13-9/h6-7H,5H2,1-4H3,(H,11,12,13). The Morgan fingerprint density at radius 2 is 2.24 bits per heavy atom. The Hall–Kier alpha value is -1.92. The van der Waals surface area contributed by atoms with E-state index in [1.54, 1.807) is 7.05 Å². The van der Waals surface area contributed by atoms with Gasteiger partial charge in [0.2, 0.25) is 11.8 Å². The first-order chi connectivity index (χ1) is 8.01. The maximum Gasteiger partial charge on any atom is 0.329 e. The first-order valence-corrected chi connectivity index (χ1v) is 5.47. The van der Waals surface area contributed by atoms with Crippen molar-refractivity contribution in [2.24, 2.45) is 0 Å². The lowest BCUT2D eigenvalue weighted by Gasteiger charge is -2.25. The summed E-state index contributed by atoms with van der Waals surface area (Å²) in [5.41, 5.74) is -0.0699. The van der Waals surface area contributed by atoms with Crippen LogP contribution in [0.5, 0.6) is 0 Å². The minimum absolute atomic E-state index is 0.0699. The third kappa shape index (κ3) is 2.80. The van der Waals surface area contributed by atoms with Crippen molar-refractivity contribution in [2.75, 3.05) is 23.8 Å². The molecule has 0 radical (unpaired) electrons. The molecular weight excluding hydrogens is 222 g/mol. The maximum atomic E-state index is 10.9. The number of anilines is 2. The molecule has 0 aliphatic heterocycles. The average molecular weight is 239 g/mol. The van der Waals surface area contributed by atoms with Crippen LogP contribution in [0.1, 0.15) is 20.8 Å². The van der Waals surface area contributed by atoms with Gasteiger partial charge in [0.25, 0.3) is 0 Å². The van der Waals surface area contributed by atoms with Crippen LogP contribution < -0.4 is 10.2 Å². The smallest absolute Gasteiger partial charge is 0.329 e. The van der Waals surface area contributed by atoms with Gasteiger partial charge in [-0.1, -0.05) is 0 Å². The number of hydrogen-bond acceptors (Lipinski definition) is 6. The second kappa shape index (κ2) is 5.42. The van der Waals surface area contributed by atoms with Gasteiger partial charge in [-0.3, -0.25) is 10.1 Å². The summed E-state index contributed by atoms with van der Waals surface area (Å²) in [6.07, 6.45) is 1.24. The van der Waals surface area contributed by atoms with Crippen LogP contribution in [0.15, 0.2) is 6.20 Å². The summed E-state index contributed by atoms with van der Waals surface area (Å²) in [6, 6.07) is 0.137. The summed E-state index contributed by atoms with van der Waals surface area (Å²) >= 11 is 0. The topological polar surface area (TPSA) is 84.2 Å². The third-order valence-corrected chi connectivity index (χ3v) is 2.41. The summed E-state index contributed by atoms with van der Waals surface area (Å²) in [7, 11) is 1.68. The van der Waals surface area contributed by atoms with Crippen LogP contribution in [-0.4, -0.2) is 34.5 Å². The van der Waals surface area contributed by atoms with E-state index in [0.29, 0.717) is 18.3 Å². The molecule has 1 rings (SSSR count). The van der Waals surface area contributed by atoms with E-state index in [9.17, 15) is 10.1 Å². The highest BCUT2D eigenvalue weighted by Crippen LogP contribution is 2.27. The van der Waals surface area contributed by atoms with Crippen LogP contribution in [0, 0.1) is 10.1 Å². The molecule has 1 N–H and O–H groups in total. The van der Waals surface area contributed by atoms with Crippen molar-refractivity contribution in [3.63, 3.8) is 0 Å². The van der Waals surface area contributed by atoms with Crippen molar-refractivity contribution in [1.29, 1.82) is 0 Å². The Morgan fingerprint density at radius 1 is 1.59 bits per heavy atom. The highest BCUT2D eigenvalue weighted by Gasteiger charge is 2.23. The first kappa shape index (κ1) is 13.1. The predicted octanol–water partition coefficient (Wildman–Crippen LogP) is 1.66. The summed E-state index contributed by atoms with van der Waals surface area (Å²) in [4.78, 5) is 20.4. The van der Waals surface area contributed by atoms with Crippen LogP contribution in [0.2, 0.25) is 0 Å². The van der Waals surface area contributed by atoms with E-state index in [2.05, 4.69) is 15.3 Å². The zero-order valence-electron chi connectivity index (χ0n) is 10.5. The molecule has 7 nitrogen and oxygen atoms in total. The molecule has 0 aliphatic carbocycles. The van der Waals surface area contributed by atoms with Gasteiger partial charge in [-0.15, -0.1) is 0 Å². The fourth-order valence-electron chi connectivity index (χ4n) is 1.59. The van der Waals surface area contributed by atoms with Crippen LogP contribution in [0.25, 0.3) is 0 Å². The minimum Gasteiger partial charge on any atom is -0.357 e.